The van der Waals surface area contributed by atoms with E-state index in [1.165, 1.54) is 30.3 Å². The molecule has 5 heteroatoms. The Kier molecular flexibility index (Phi) is 3.79. The number of nitrogens with zero attached hydrogens (tertiary/aromatic N) is 1. The van der Waals surface area contributed by atoms with Crippen LogP contribution in [0.1, 0.15) is 28.0 Å². The first-order chi connectivity index (χ1) is 12.0. The molecule has 1 aromatic heterocycles. The van der Waals surface area contributed by atoms with Crippen molar-refractivity contribution in [3.8, 4) is 0 Å². The summed E-state index contributed by atoms with van der Waals surface area (Å²) in [5, 5.41) is 0.891. The Morgan fingerprint density at radius 2 is 1.92 bits per heavy atom. The van der Waals surface area contributed by atoms with E-state index in [4.69, 9.17) is 0 Å². The number of carbonyl (C=O) groups excluding carboxylic acids is 1. The fraction of sp³-hybridized carbons (Fsp3) is 0.250. The Bertz CT molecular complexity index is 946. The van der Waals surface area contributed by atoms with E-state index in [-0.39, 0.29) is 23.6 Å². The van der Waals surface area contributed by atoms with Crippen LogP contribution >= 0.6 is 0 Å². The quantitative estimate of drug-likeness (QED) is 0.750. The van der Waals surface area contributed by atoms with Gasteiger partial charge in [-0.05, 0) is 55.2 Å². The lowest BCUT2D eigenvalue weighted by Crippen LogP contribution is -2.40. The van der Waals surface area contributed by atoms with Crippen molar-refractivity contribution in [2.45, 2.75) is 25.3 Å². The molecule has 0 spiro atoms. The van der Waals surface area contributed by atoms with Crippen LogP contribution in [0.5, 0.6) is 0 Å². The fourth-order valence-electron chi connectivity index (χ4n) is 3.68. The highest BCUT2D eigenvalue weighted by Crippen LogP contribution is 2.32. The zero-order chi connectivity index (χ0) is 17.6. The van der Waals surface area contributed by atoms with Crippen LogP contribution in [0.4, 0.5) is 8.78 Å². The van der Waals surface area contributed by atoms with Crippen LogP contribution in [0.3, 0.4) is 0 Å². The molecule has 0 radical (unpaired) electrons. The molecule has 0 fully saturated rings. The number of likely N-dealkylation sites (N-methyl/N-ethyl adjacent to an activating group) is 1. The number of H-pyrrole nitrogens is 1. The molecule has 1 aliphatic carbocycles. The van der Waals surface area contributed by atoms with Gasteiger partial charge in [0.1, 0.15) is 11.6 Å². The molecule has 0 saturated carbocycles. The van der Waals surface area contributed by atoms with Crippen molar-refractivity contribution >= 4 is 16.8 Å². The predicted octanol–water partition coefficient (Wildman–Crippen LogP) is 4.08. The molecule has 0 bridgehead atoms. The number of aryl methyl sites for hydroxylation is 1. The third-order valence-electron chi connectivity index (χ3n) is 5.11. The van der Waals surface area contributed by atoms with E-state index in [1.807, 2.05) is 6.07 Å². The number of carbonyl (C=O) groups is 1. The van der Waals surface area contributed by atoms with E-state index in [0.717, 1.165) is 29.5 Å². The van der Waals surface area contributed by atoms with Gasteiger partial charge in [0, 0.05) is 29.7 Å². The van der Waals surface area contributed by atoms with Crippen LogP contribution in [0, 0.1) is 11.6 Å². The van der Waals surface area contributed by atoms with Crippen LogP contribution in [0.2, 0.25) is 0 Å². The summed E-state index contributed by atoms with van der Waals surface area (Å²) in [5.41, 5.74) is 3.16. The Labute approximate surface area is 144 Å². The first-order valence-corrected chi connectivity index (χ1v) is 8.35. The standard InChI is InChI=1S/C20H18F2N2O/c1-24(20(25)12-5-7-13(21)8-6-12)14-9-10-18-16(11-14)15-3-2-4-17(22)19(15)23-18/h2-8,14,23H,9-11H2,1H3. The summed E-state index contributed by atoms with van der Waals surface area (Å²) in [4.78, 5) is 17.6. The first-order valence-electron chi connectivity index (χ1n) is 8.35. The van der Waals surface area contributed by atoms with Gasteiger partial charge in [-0.2, -0.15) is 0 Å². The second kappa shape index (κ2) is 5.99. The van der Waals surface area contributed by atoms with E-state index >= 15 is 0 Å². The van der Waals surface area contributed by atoms with Crippen LogP contribution in [-0.2, 0) is 12.8 Å². The highest BCUT2D eigenvalue weighted by Gasteiger charge is 2.28. The molecule has 1 unspecified atom stereocenters. The molecular formula is C20H18F2N2O. The molecule has 1 atom stereocenters. The van der Waals surface area contributed by atoms with Gasteiger partial charge in [-0.15, -0.1) is 0 Å². The molecule has 2 aromatic carbocycles. The molecule has 4 rings (SSSR count). The molecule has 3 aromatic rings. The molecule has 1 aliphatic rings. The highest BCUT2D eigenvalue weighted by molar-refractivity contribution is 5.94. The van der Waals surface area contributed by atoms with Crippen LogP contribution in [0.25, 0.3) is 10.9 Å². The zero-order valence-corrected chi connectivity index (χ0v) is 13.9. The van der Waals surface area contributed by atoms with E-state index in [2.05, 4.69) is 4.98 Å². The van der Waals surface area contributed by atoms with E-state index in [9.17, 15) is 13.6 Å². The number of halogens is 2. The predicted molar refractivity (Wildman–Crippen MR) is 92.6 cm³/mol. The smallest absolute Gasteiger partial charge is 0.253 e. The average Bonchev–Trinajstić information content (AvgIpc) is 3.00. The van der Waals surface area contributed by atoms with Crippen molar-refractivity contribution in [3.05, 3.63) is 70.9 Å². The maximum absolute atomic E-state index is 14.0. The maximum atomic E-state index is 14.0. The number of hydrogen-bond acceptors (Lipinski definition) is 1. The lowest BCUT2D eigenvalue weighted by atomic mass is 9.90. The van der Waals surface area contributed by atoms with Gasteiger partial charge in [-0.3, -0.25) is 4.79 Å². The van der Waals surface area contributed by atoms with Crippen molar-refractivity contribution in [2.75, 3.05) is 7.05 Å². The molecule has 25 heavy (non-hydrogen) atoms. The summed E-state index contributed by atoms with van der Waals surface area (Å²) in [7, 11) is 1.77. The van der Waals surface area contributed by atoms with E-state index < -0.39 is 0 Å². The summed E-state index contributed by atoms with van der Waals surface area (Å²) < 4.78 is 27.0. The number of aromatic nitrogens is 1. The monoisotopic (exact) mass is 340 g/mol. The molecular weight excluding hydrogens is 322 g/mol. The van der Waals surface area contributed by atoms with Crippen molar-refractivity contribution in [1.82, 2.24) is 9.88 Å². The number of para-hydroxylation sites is 1. The number of hydrogen-bond donors (Lipinski definition) is 1. The van der Waals surface area contributed by atoms with Crippen molar-refractivity contribution < 1.29 is 13.6 Å². The molecule has 1 N–H and O–H groups in total. The minimum Gasteiger partial charge on any atom is -0.356 e. The molecule has 1 amide bonds. The molecule has 0 saturated heterocycles. The number of aromatic amines is 1. The first kappa shape index (κ1) is 15.8. The highest BCUT2D eigenvalue weighted by atomic mass is 19.1. The topological polar surface area (TPSA) is 36.1 Å². The van der Waals surface area contributed by atoms with Crippen molar-refractivity contribution in [3.63, 3.8) is 0 Å². The fourth-order valence-corrected chi connectivity index (χ4v) is 3.68. The van der Waals surface area contributed by atoms with Crippen LogP contribution in [0.15, 0.2) is 42.5 Å². The summed E-state index contributed by atoms with van der Waals surface area (Å²) >= 11 is 0. The molecule has 0 aliphatic heterocycles. The summed E-state index contributed by atoms with van der Waals surface area (Å²) in [6.07, 6.45) is 2.27. The molecule has 1 heterocycles. The number of benzene rings is 2. The second-order valence-corrected chi connectivity index (χ2v) is 6.56. The molecule has 3 nitrogen and oxygen atoms in total. The maximum Gasteiger partial charge on any atom is 0.253 e. The number of nitrogens with one attached hydrogen (secondary N) is 1. The molecule has 128 valence electrons. The summed E-state index contributed by atoms with van der Waals surface area (Å²) in [5.74, 6) is -0.735. The van der Waals surface area contributed by atoms with Gasteiger partial charge in [-0.1, -0.05) is 12.1 Å². The lowest BCUT2D eigenvalue weighted by molar-refractivity contribution is 0.0719. The third kappa shape index (κ3) is 2.69. The number of rotatable bonds is 2. The van der Waals surface area contributed by atoms with E-state index in [1.54, 1.807) is 18.0 Å². The Balaban J connectivity index is 1.61. The van der Waals surface area contributed by atoms with Gasteiger partial charge in [-0.25, -0.2) is 8.78 Å². The SMILES string of the molecule is CN(C(=O)c1ccc(F)cc1)C1CCc2[nH]c3c(F)cccc3c2C1. The van der Waals surface area contributed by atoms with E-state index in [0.29, 0.717) is 17.5 Å². The Morgan fingerprint density at radius 3 is 2.68 bits per heavy atom. The zero-order valence-electron chi connectivity index (χ0n) is 13.9. The summed E-state index contributed by atoms with van der Waals surface area (Å²) in [6.45, 7) is 0. The third-order valence-corrected chi connectivity index (χ3v) is 5.11. The van der Waals surface area contributed by atoms with Gasteiger partial charge in [0.15, 0.2) is 0 Å². The van der Waals surface area contributed by atoms with Gasteiger partial charge in [0.25, 0.3) is 5.91 Å². The Morgan fingerprint density at radius 1 is 1.16 bits per heavy atom. The Hall–Kier alpha value is -2.69. The summed E-state index contributed by atoms with van der Waals surface area (Å²) in [6, 6.07) is 10.7. The van der Waals surface area contributed by atoms with Crippen LogP contribution in [-0.4, -0.2) is 28.9 Å². The normalized spacial score (nSPS) is 16.7. The van der Waals surface area contributed by atoms with Gasteiger partial charge in [0.2, 0.25) is 0 Å². The van der Waals surface area contributed by atoms with Crippen molar-refractivity contribution in [2.24, 2.45) is 0 Å². The average molecular weight is 340 g/mol. The van der Waals surface area contributed by atoms with Gasteiger partial charge >= 0.3 is 0 Å². The lowest BCUT2D eigenvalue weighted by Gasteiger charge is -2.31. The largest absolute Gasteiger partial charge is 0.356 e. The van der Waals surface area contributed by atoms with Gasteiger partial charge < -0.3 is 9.88 Å². The van der Waals surface area contributed by atoms with Crippen molar-refractivity contribution in [1.29, 1.82) is 0 Å². The minimum atomic E-state index is -0.359. The van der Waals surface area contributed by atoms with Crippen LogP contribution < -0.4 is 0 Å². The minimum absolute atomic E-state index is 0.0346. The second-order valence-electron chi connectivity index (χ2n) is 6.56. The van der Waals surface area contributed by atoms with Gasteiger partial charge in [0.05, 0.1) is 5.52 Å². The number of amides is 1. The number of fused-ring (bicyclic) bond motifs is 3.